The molecule has 1 aromatic rings. The van der Waals surface area contributed by atoms with Crippen molar-refractivity contribution in [2.45, 2.75) is 45.1 Å². The normalized spacial score (nSPS) is 21.9. The minimum Gasteiger partial charge on any atom is -0.384 e. The van der Waals surface area contributed by atoms with Crippen molar-refractivity contribution in [3.8, 4) is 11.8 Å². The molecule has 1 heterocycles. The van der Waals surface area contributed by atoms with Gasteiger partial charge in [0, 0.05) is 6.04 Å². The zero-order chi connectivity index (χ0) is 14.4. The van der Waals surface area contributed by atoms with Crippen LogP contribution < -0.4 is 5.32 Å². The van der Waals surface area contributed by atoms with Crippen molar-refractivity contribution >= 4 is 17.2 Å². The lowest BCUT2D eigenvalue weighted by Gasteiger charge is -2.31. The van der Waals surface area contributed by atoms with Crippen LogP contribution in [0.5, 0.6) is 0 Å². The summed E-state index contributed by atoms with van der Waals surface area (Å²) in [7, 11) is 0. The van der Waals surface area contributed by atoms with E-state index in [0.29, 0.717) is 16.8 Å². The summed E-state index contributed by atoms with van der Waals surface area (Å²) in [5, 5.41) is 11.8. The van der Waals surface area contributed by atoms with E-state index >= 15 is 0 Å². The molecule has 1 fully saturated rings. The van der Waals surface area contributed by atoms with Gasteiger partial charge in [-0.25, -0.2) is 0 Å². The van der Waals surface area contributed by atoms with E-state index in [0.717, 1.165) is 17.7 Å². The number of aliphatic hydroxyl groups is 1. The molecule has 2 N–H and O–H groups in total. The summed E-state index contributed by atoms with van der Waals surface area (Å²) in [5.41, 5.74) is 0. The fourth-order valence-corrected chi connectivity index (χ4v) is 3.56. The van der Waals surface area contributed by atoms with Crippen LogP contribution in [0, 0.1) is 17.8 Å². The number of thiophene rings is 1. The van der Waals surface area contributed by atoms with E-state index in [1.54, 1.807) is 0 Å². The maximum absolute atomic E-state index is 12.3. The molecule has 1 aliphatic rings. The van der Waals surface area contributed by atoms with Crippen molar-refractivity contribution in [3.05, 3.63) is 21.9 Å². The predicted octanol–water partition coefficient (Wildman–Crippen LogP) is 2.79. The average Bonchev–Trinajstić information content (AvgIpc) is 2.94. The fourth-order valence-electron chi connectivity index (χ4n) is 2.78. The van der Waals surface area contributed by atoms with Crippen LogP contribution in [0.3, 0.4) is 0 Å². The first kappa shape index (κ1) is 15.1. The van der Waals surface area contributed by atoms with E-state index in [1.165, 1.54) is 30.6 Å². The maximum Gasteiger partial charge on any atom is 0.261 e. The van der Waals surface area contributed by atoms with Crippen LogP contribution in [0.2, 0.25) is 0 Å². The van der Waals surface area contributed by atoms with Crippen LogP contribution in [0.4, 0.5) is 0 Å². The third-order valence-corrected chi connectivity index (χ3v) is 4.87. The van der Waals surface area contributed by atoms with E-state index in [9.17, 15) is 4.79 Å². The molecule has 20 heavy (non-hydrogen) atoms. The molecule has 3 nitrogen and oxygen atoms in total. The van der Waals surface area contributed by atoms with E-state index in [4.69, 9.17) is 5.11 Å². The molecular formula is C16H21NO2S. The molecule has 1 amide bonds. The first-order valence-corrected chi connectivity index (χ1v) is 8.06. The molecule has 2 unspecified atom stereocenters. The third kappa shape index (κ3) is 3.84. The highest BCUT2D eigenvalue weighted by molar-refractivity contribution is 7.14. The number of carbonyl (C=O) groups is 1. The average molecular weight is 291 g/mol. The molecule has 0 aromatic carbocycles. The number of carbonyl (C=O) groups excluding carboxylic acids is 1. The van der Waals surface area contributed by atoms with Gasteiger partial charge >= 0.3 is 0 Å². The van der Waals surface area contributed by atoms with Crippen LogP contribution in [-0.4, -0.2) is 23.7 Å². The Morgan fingerprint density at radius 1 is 1.45 bits per heavy atom. The second-order valence-electron chi connectivity index (χ2n) is 5.16. The van der Waals surface area contributed by atoms with Gasteiger partial charge in [0.1, 0.15) is 6.61 Å². The lowest BCUT2D eigenvalue weighted by Crippen LogP contribution is -2.41. The van der Waals surface area contributed by atoms with E-state index in [1.807, 2.05) is 12.1 Å². The Balaban J connectivity index is 1.98. The zero-order valence-electron chi connectivity index (χ0n) is 11.8. The Bertz CT molecular complexity index is 512. The molecule has 1 aromatic heterocycles. The number of aliphatic hydroxyl groups excluding tert-OH is 1. The molecule has 0 saturated heterocycles. The van der Waals surface area contributed by atoms with Gasteiger partial charge in [0.05, 0.1) is 9.75 Å². The third-order valence-electron chi connectivity index (χ3n) is 3.87. The van der Waals surface area contributed by atoms with Gasteiger partial charge in [0.25, 0.3) is 5.91 Å². The summed E-state index contributed by atoms with van der Waals surface area (Å²) >= 11 is 1.38. The molecule has 4 heteroatoms. The van der Waals surface area contributed by atoms with Gasteiger partial charge in [-0.2, -0.15) is 0 Å². The molecule has 0 aliphatic heterocycles. The Hall–Kier alpha value is -1.31. The van der Waals surface area contributed by atoms with Gasteiger partial charge < -0.3 is 10.4 Å². The standard InChI is InChI=1S/C16H21NO2S/c1-2-12-6-3-4-8-14(12)17-16(19)15-10-9-13(20-15)7-5-11-18/h9-10,12,14,18H,2-4,6,8,11H2,1H3,(H,17,19). The molecule has 0 radical (unpaired) electrons. The minimum atomic E-state index is -0.153. The van der Waals surface area contributed by atoms with Crippen LogP contribution >= 0.6 is 11.3 Å². The highest BCUT2D eigenvalue weighted by Gasteiger charge is 2.25. The number of rotatable bonds is 3. The Morgan fingerprint density at radius 2 is 2.25 bits per heavy atom. The lowest BCUT2D eigenvalue weighted by atomic mass is 9.83. The number of nitrogens with one attached hydrogen (secondary N) is 1. The van der Waals surface area contributed by atoms with Crippen molar-refractivity contribution in [1.29, 1.82) is 0 Å². The van der Waals surface area contributed by atoms with Crippen molar-refractivity contribution < 1.29 is 9.90 Å². The van der Waals surface area contributed by atoms with E-state index < -0.39 is 0 Å². The minimum absolute atomic E-state index is 0.0115. The van der Waals surface area contributed by atoms with Crippen LogP contribution in [-0.2, 0) is 0 Å². The van der Waals surface area contributed by atoms with Crippen molar-refractivity contribution in [2.75, 3.05) is 6.61 Å². The number of hydrogen-bond acceptors (Lipinski definition) is 3. The van der Waals surface area contributed by atoms with Gasteiger partial charge in [0.15, 0.2) is 0 Å². The largest absolute Gasteiger partial charge is 0.384 e. The molecule has 2 rings (SSSR count). The highest BCUT2D eigenvalue weighted by Crippen LogP contribution is 2.27. The second-order valence-corrected chi connectivity index (χ2v) is 6.24. The molecule has 108 valence electrons. The molecule has 1 aliphatic carbocycles. The molecule has 0 spiro atoms. The van der Waals surface area contributed by atoms with Crippen molar-refractivity contribution in [1.82, 2.24) is 5.32 Å². The van der Waals surface area contributed by atoms with Crippen molar-refractivity contribution in [3.63, 3.8) is 0 Å². The van der Waals surface area contributed by atoms with Crippen LogP contribution in [0.15, 0.2) is 12.1 Å². The zero-order valence-corrected chi connectivity index (χ0v) is 12.6. The quantitative estimate of drug-likeness (QED) is 0.841. The summed E-state index contributed by atoms with van der Waals surface area (Å²) in [6.45, 7) is 2.04. The SMILES string of the molecule is CCC1CCCCC1NC(=O)c1ccc(C#CCO)s1. The van der Waals surface area contributed by atoms with E-state index in [-0.39, 0.29) is 12.5 Å². The summed E-state index contributed by atoms with van der Waals surface area (Å²) in [4.78, 5) is 13.8. The highest BCUT2D eigenvalue weighted by atomic mass is 32.1. The molecular weight excluding hydrogens is 270 g/mol. The first-order valence-electron chi connectivity index (χ1n) is 7.25. The summed E-state index contributed by atoms with van der Waals surface area (Å²) in [6.07, 6.45) is 5.93. The molecule has 1 saturated carbocycles. The Morgan fingerprint density at radius 3 is 3.00 bits per heavy atom. The summed E-state index contributed by atoms with van der Waals surface area (Å²) in [6, 6.07) is 3.96. The van der Waals surface area contributed by atoms with Gasteiger partial charge in [0.2, 0.25) is 0 Å². The van der Waals surface area contributed by atoms with Gasteiger partial charge in [-0.1, -0.05) is 38.0 Å². The predicted molar refractivity (Wildman–Crippen MR) is 81.8 cm³/mol. The Kier molecular flexibility index (Phi) is 5.63. The monoisotopic (exact) mass is 291 g/mol. The first-order chi connectivity index (χ1) is 9.74. The molecule has 2 atom stereocenters. The Labute approximate surface area is 124 Å². The van der Waals surface area contributed by atoms with Gasteiger partial charge in [-0.3, -0.25) is 4.79 Å². The molecule has 0 bridgehead atoms. The smallest absolute Gasteiger partial charge is 0.261 e. The fraction of sp³-hybridized carbons (Fsp3) is 0.562. The van der Waals surface area contributed by atoms with Gasteiger partial charge in [-0.15, -0.1) is 11.3 Å². The van der Waals surface area contributed by atoms with Crippen molar-refractivity contribution in [2.24, 2.45) is 5.92 Å². The summed E-state index contributed by atoms with van der Waals surface area (Å²) < 4.78 is 0. The van der Waals surface area contributed by atoms with Crippen LogP contribution in [0.25, 0.3) is 0 Å². The topological polar surface area (TPSA) is 49.3 Å². The number of hydrogen-bond donors (Lipinski definition) is 2. The second kappa shape index (κ2) is 7.47. The number of amides is 1. The summed E-state index contributed by atoms with van der Waals surface area (Å²) in [5.74, 6) is 6.05. The lowest BCUT2D eigenvalue weighted by molar-refractivity contribution is 0.0909. The maximum atomic E-state index is 12.3. The van der Waals surface area contributed by atoms with Gasteiger partial charge in [-0.05, 0) is 30.9 Å². The van der Waals surface area contributed by atoms with E-state index in [2.05, 4.69) is 24.1 Å². The van der Waals surface area contributed by atoms with Crippen LogP contribution in [0.1, 0.15) is 53.6 Å².